The zero-order chi connectivity index (χ0) is 13.8. The highest BCUT2D eigenvalue weighted by Gasteiger charge is 2.06. The smallest absolute Gasteiger partial charge is 0.228 e. The van der Waals surface area contributed by atoms with E-state index in [0.29, 0.717) is 11.3 Å². The van der Waals surface area contributed by atoms with Crippen molar-refractivity contribution < 1.29 is 9.18 Å². The molecular formula is C15H15FN2O. The van der Waals surface area contributed by atoms with E-state index >= 15 is 0 Å². The Balaban J connectivity index is 2.05. The van der Waals surface area contributed by atoms with Crippen LogP contribution in [0.25, 0.3) is 0 Å². The number of amides is 1. The van der Waals surface area contributed by atoms with Crippen molar-refractivity contribution in [2.75, 3.05) is 11.1 Å². The van der Waals surface area contributed by atoms with Crippen LogP contribution in [0.4, 0.5) is 15.8 Å². The highest BCUT2D eigenvalue weighted by molar-refractivity contribution is 5.93. The van der Waals surface area contributed by atoms with E-state index in [4.69, 9.17) is 5.73 Å². The van der Waals surface area contributed by atoms with Gasteiger partial charge < -0.3 is 11.1 Å². The summed E-state index contributed by atoms with van der Waals surface area (Å²) in [5, 5.41) is 2.79. The molecule has 0 saturated heterocycles. The third kappa shape index (κ3) is 3.55. The molecule has 2 rings (SSSR count). The summed E-state index contributed by atoms with van der Waals surface area (Å²) in [6.07, 6.45) is 0.140. The van der Waals surface area contributed by atoms with Gasteiger partial charge >= 0.3 is 0 Å². The van der Waals surface area contributed by atoms with E-state index in [-0.39, 0.29) is 18.1 Å². The minimum atomic E-state index is -0.339. The largest absolute Gasteiger partial charge is 0.399 e. The minimum Gasteiger partial charge on any atom is -0.399 e. The minimum absolute atomic E-state index is 0.140. The fourth-order valence-corrected chi connectivity index (χ4v) is 1.85. The molecule has 0 atom stereocenters. The second-order valence-corrected chi connectivity index (χ2v) is 4.43. The van der Waals surface area contributed by atoms with Gasteiger partial charge in [0.2, 0.25) is 5.91 Å². The molecule has 0 spiro atoms. The van der Waals surface area contributed by atoms with Crippen LogP contribution in [0.3, 0.4) is 0 Å². The Kier molecular flexibility index (Phi) is 3.80. The topological polar surface area (TPSA) is 55.1 Å². The molecular weight excluding hydrogens is 243 g/mol. The number of nitrogens with one attached hydrogen (secondary N) is 1. The Morgan fingerprint density at radius 3 is 2.74 bits per heavy atom. The van der Waals surface area contributed by atoms with E-state index in [1.165, 1.54) is 12.1 Å². The van der Waals surface area contributed by atoms with Crippen molar-refractivity contribution in [1.29, 1.82) is 0 Å². The molecule has 0 aliphatic heterocycles. The lowest BCUT2D eigenvalue weighted by atomic mass is 10.1. The average molecular weight is 258 g/mol. The molecule has 0 aliphatic carbocycles. The summed E-state index contributed by atoms with van der Waals surface area (Å²) in [5.41, 5.74) is 8.56. The number of carbonyl (C=O) groups is 1. The summed E-state index contributed by atoms with van der Waals surface area (Å²) in [4.78, 5) is 11.9. The standard InChI is InChI=1S/C15H15FN2O/c1-10-7-13(17)5-6-14(10)18-15(19)9-11-3-2-4-12(16)8-11/h2-8H,9,17H2,1H3,(H,18,19). The Labute approximate surface area is 111 Å². The van der Waals surface area contributed by atoms with Gasteiger partial charge in [-0.2, -0.15) is 0 Å². The number of benzene rings is 2. The van der Waals surface area contributed by atoms with Crippen LogP contribution in [0.5, 0.6) is 0 Å². The second kappa shape index (κ2) is 5.52. The number of aryl methyl sites for hydroxylation is 1. The lowest BCUT2D eigenvalue weighted by Crippen LogP contribution is -2.15. The lowest BCUT2D eigenvalue weighted by Gasteiger charge is -2.09. The quantitative estimate of drug-likeness (QED) is 0.832. The molecule has 3 nitrogen and oxygen atoms in total. The summed E-state index contributed by atoms with van der Waals surface area (Å²) in [7, 11) is 0. The van der Waals surface area contributed by atoms with Gasteiger partial charge in [0.05, 0.1) is 6.42 Å². The first-order valence-corrected chi connectivity index (χ1v) is 5.95. The summed E-state index contributed by atoms with van der Waals surface area (Å²) in [5.74, 6) is -0.521. The first kappa shape index (κ1) is 13.1. The van der Waals surface area contributed by atoms with Crippen molar-refractivity contribution >= 4 is 17.3 Å². The van der Waals surface area contributed by atoms with E-state index in [1.54, 1.807) is 30.3 Å². The normalized spacial score (nSPS) is 10.2. The number of hydrogen-bond acceptors (Lipinski definition) is 2. The van der Waals surface area contributed by atoms with Gasteiger partial charge in [-0.15, -0.1) is 0 Å². The van der Waals surface area contributed by atoms with Gasteiger partial charge in [0.15, 0.2) is 0 Å². The fraction of sp³-hybridized carbons (Fsp3) is 0.133. The van der Waals surface area contributed by atoms with Crippen LogP contribution in [-0.4, -0.2) is 5.91 Å². The van der Waals surface area contributed by atoms with Gasteiger partial charge in [-0.3, -0.25) is 4.79 Å². The van der Waals surface area contributed by atoms with Gasteiger partial charge in [0.1, 0.15) is 5.82 Å². The lowest BCUT2D eigenvalue weighted by molar-refractivity contribution is -0.115. The third-order valence-corrected chi connectivity index (χ3v) is 2.78. The maximum Gasteiger partial charge on any atom is 0.228 e. The molecule has 0 fully saturated rings. The third-order valence-electron chi connectivity index (χ3n) is 2.78. The van der Waals surface area contributed by atoms with E-state index in [2.05, 4.69) is 5.32 Å². The maximum absolute atomic E-state index is 13.0. The van der Waals surface area contributed by atoms with Gasteiger partial charge in [-0.1, -0.05) is 12.1 Å². The van der Waals surface area contributed by atoms with Gasteiger partial charge in [-0.05, 0) is 48.4 Å². The van der Waals surface area contributed by atoms with Crippen LogP contribution in [0.15, 0.2) is 42.5 Å². The molecule has 4 heteroatoms. The molecule has 1 amide bonds. The molecule has 98 valence electrons. The molecule has 2 aromatic carbocycles. The van der Waals surface area contributed by atoms with Crippen molar-refractivity contribution in [3.63, 3.8) is 0 Å². The van der Waals surface area contributed by atoms with E-state index in [1.807, 2.05) is 6.92 Å². The van der Waals surface area contributed by atoms with E-state index in [9.17, 15) is 9.18 Å². The van der Waals surface area contributed by atoms with E-state index < -0.39 is 0 Å². The number of nitrogen functional groups attached to an aromatic ring is 1. The molecule has 3 N–H and O–H groups in total. The van der Waals surface area contributed by atoms with Crippen molar-refractivity contribution in [2.24, 2.45) is 0 Å². The van der Waals surface area contributed by atoms with Crippen LogP contribution in [-0.2, 0) is 11.2 Å². The number of nitrogens with two attached hydrogens (primary N) is 1. The molecule has 2 aromatic rings. The predicted octanol–water partition coefficient (Wildman–Crippen LogP) is 2.90. The van der Waals surface area contributed by atoms with Crippen molar-refractivity contribution in [1.82, 2.24) is 0 Å². The summed E-state index contributed by atoms with van der Waals surface area (Å²) >= 11 is 0. The summed E-state index contributed by atoms with van der Waals surface area (Å²) in [6.45, 7) is 1.87. The first-order valence-electron chi connectivity index (χ1n) is 5.95. The van der Waals surface area contributed by atoms with Gasteiger partial charge in [0, 0.05) is 11.4 Å². The SMILES string of the molecule is Cc1cc(N)ccc1NC(=O)Cc1cccc(F)c1. The Bertz CT molecular complexity index is 611. The molecule has 0 unspecified atom stereocenters. The predicted molar refractivity (Wildman–Crippen MR) is 74.3 cm³/mol. The number of hydrogen-bond donors (Lipinski definition) is 2. The molecule has 0 saturated carbocycles. The van der Waals surface area contributed by atoms with Gasteiger partial charge in [0.25, 0.3) is 0 Å². The maximum atomic E-state index is 13.0. The molecule has 0 aromatic heterocycles. The summed E-state index contributed by atoms with van der Waals surface area (Å²) in [6, 6.07) is 11.3. The first-order chi connectivity index (χ1) is 9.04. The molecule has 0 aliphatic rings. The van der Waals surface area contributed by atoms with Crippen LogP contribution >= 0.6 is 0 Å². The van der Waals surface area contributed by atoms with Gasteiger partial charge in [-0.25, -0.2) is 4.39 Å². The average Bonchev–Trinajstić information content (AvgIpc) is 2.33. The second-order valence-electron chi connectivity index (χ2n) is 4.43. The van der Waals surface area contributed by atoms with Crippen molar-refractivity contribution in [3.8, 4) is 0 Å². The highest BCUT2D eigenvalue weighted by Crippen LogP contribution is 2.18. The summed E-state index contributed by atoms with van der Waals surface area (Å²) < 4.78 is 13.0. The molecule has 0 bridgehead atoms. The monoisotopic (exact) mass is 258 g/mol. The van der Waals surface area contributed by atoms with Crippen molar-refractivity contribution in [2.45, 2.75) is 13.3 Å². The molecule has 0 heterocycles. The molecule has 19 heavy (non-hydrogen) atoms. The van der Waals surface area contributed by atoms with Crippen LogP contribution in [0, 0.1) is 12.7 Å². The molecule has 0 radical (unpaired) electrons. The zero-order valence-electron chi connectivity index (χ0n) is 10.6. The number of carbonyl (C=O) groups excluding carboxylic acids is 1. The highest BCUT2D eigenvalue weighted by atomic mass is 19.1. The number of anilines is 2. The zero-order valence-corrected chi connectivity index (χ0v) is 10.6. The van der Waals surface area contributed by atoms with Crippen LogP contribution < -0.4 is 11.1 Å². The van der Waals surface area contributed by atoms with Crippen LogP contribution in [0.2, 0.25) is 0 Å². The van der Waals surface area contributed by atoms with E-state index in [0.717, 1.165) is 11.3 Å². The number of halogens is 1. The van der Waals surface area contributed by atoms with Crippen molar-refractivity contribution in [3.05, 3.63) is 59.4 Å². The Morgan fingerprint density at radius 2 is 2.05 bits per heavy atom. The Morgan fingerprint density at radius 1 is 1.26 bits per heavy atom. The Hall–Kier alpha value is -2.36. The fourth-order valence-electron chi connectivity index (χ4n) is 1.85. The van der Waals surface area contributed by atoms with Crippen LogP contribution in [0.1, 0.15) is 11.1 Å². The number of rotatable bonds is 3.